The quantitative estimate of drug-likeness (QED) is 0.287. The smallest absolute Gasteiger partial charge is 0.409 e. The molecule has 1 aliphatic rings. The molecular formula is C33H39F2N3O3. The van der Waals surface area contributed by atoms with Crippen molar-refractivity contribution in [2.24, 2.45) is 5.92 Å². The fourth-order valence-corrected chi connectivity index (χ4v) is 6.04. The van der Waals surface area contributed by atoms with Crippen LogP contribution in [-0.4, -0.2) is 64.2 Å². The Morgan fingerprint density at radius 1 is 0.902 bits per heavy atom. The van der Waals surface area contributed by atoms with Crippen LogP contribution in [0.4, 0.5) is 13.6 Å². The van der Waals surface area contributed by atoms with Crippen molar-refractivity contribution < 1.29 is 23.5 Å². The van der Waals surface area contributed by atoms with Gasteiger partial charge in [0, 0.05) is 31.3 Å². The van der Waals surface area contributed by atoms with E-state index in [1.54, 1.807) is 29.2 Å². The number of hydrogen-bond donors (Lipinski definition) is 1. The van der Waals surface area contributed by atoms with Crippen LogP contribution >= 0.6 is 0 Å². The van der Waals surface area contributed by atoms with Crippen molar-refractivity contribution in [2.75, 3.05) is 26.2 Å². The molecule has 4 rings (SSSR count). The Balaban J connectivity index is 1.80. The third-order valence-electron chi connectivity index (χ3n) is 8.14. The first-order valence-corrected chi connectivity index (χ1v) is 14.4. The highest BCUT2D eigenvalue weighted by Crippen LogP contribution is 2.42. The third kappa shape index (κ3) is 7.50. The van der Waals surface area contributed by atoms with Crippen molar-refractivity contribution >= 4 is 12.0 Å². The number of halogens is 2. The van der Waals surface area contributed by atoms with Crippen molar-refractivity contribution in [3.05, 3.63) is 107 Å². The van der Waals surface area contributed by atoms with E-state index >= 15 is 0 Å². The van der Waals surface area contributed by atoms with Crippen molar-refractivity contribution in [1.29, 1.82) is 0 Å². The molecule has 0 aliphatic carbocycles. The molecule has 0 bridgehead atoms. The third-order valence-corrected chi connectivity index (χ3v) is 8.14. The van der Waals surface area contributed by atoms with Crippen LogP contribution in [0.1, 0.15) is 55.7 Å². The topological polar surface area (TPSA) is 64.1 Å². The van der Waals surface area contributed by atoms with Crippen molar-refractivity contribution in [3.8, 4) is 0 Å². The molecule has 2 atom stereocenters. The van der Waals surface area contributed by atoms with Crippen molar-refractivity contribution in [1.82, 2.24) is 14.7 Å². The van der Waals surface area contributed by atoms with Crippen LogP contribution in [0, 0.1) is 17.6 Å². The predicted octanol–water partition coefficient (Wildman–Crippen LogP) is 6.57. The number of hydrogen-bond acceptors (Lipinski definition) is 3. The van der Waals surface area contributed by atoms with Gasteiger partial charge in [-0.3, -0.25) is 9.69 Å². The first kappa shape index (κ1) is 30.2. The summed E-state index contributed by atoms with van der Waals surface area (Å²) >= 11 is 0. The highest BCUT2D eigenvalue weighted by Gasteiger charge is 2.44. The van der Waals surface area contributed by atoms with Crippen LogP contribution in [0.5, 0.6) is 0 Å². The van der Waals surface area contributed by atoms with Crippen LogP contribution in [0.2, 0.25) is 0 Å². The van der Waals surface area contributed by atoms with Gasteiger partial charge < -0.3 is 14.9 Å². The summed E-state index contributed by atoms with van der Waals surface area (Å²) in [4.78, 5) is 32.1. The summed E-state index contributed by atoms with van der Waals surface area (Å²) in [6.07, 6.45) is -0.283. The number of carboxylic acid groups (broad SMARTS) is 1. The second-order valence-electron chi connectivity index (χ2n) is 10.6. The van der Waals surface area contributed by atoms with Gasteiger partial charge in [0.05, 0.1) is 6.54 Å². The van der Waals surface area contributed by atoms with Crippen LogP contribution in [0.25, 0.3) is 0 Å². The summed E-state index contributed by atoms with van der Waals surface area (Å²) < 4.78 is 28.0. The molecule has 0 aromatic heterocycles. The Labute approximate surface area is 241 Å². The van der Waals surface area contributed by atoms with Gasteiger partial charge in [-0.2, -0.15) is 0 Å². The molecule has 1 N–H and O–H groups in total. The summed E-state index contributed by atoms with van der Waals surface area (Å²) in [6, 6.07) is 21.7. The average molecular weight is 564 g/mol. The van der Waals surface area contributed by atoms with E-state index in [1.165, 1.54) is 29.2 Å². The minimum absolute atomic E-state index is 0.0946. The van der Waals surface area contributed by atoms with Gasteiger partial charge in [-0.1, -0.05) is 68.4 Å². The van der Waals surface area contributed by atoms with Crippen LogP contribution in [-0.2, 0) is 11.3 Å². The molecule has 1 aliphatic heterocycles. The summed E-state index contributed by atoms with van der Waals surface area (Å²) in [7, 11) is 0. The van der Waals surface area contributed by atoms with E-state index in [0.29, 0.717) is 25.9 Å². The monoisotopic (exact) mass is 563 g/mol. The van der Waals surface area contributed by atoms with Gasteiger partial charge in [0.15, 0.2) is 0 Å². The zero-order valence-electron chi connectivity index (χ0n) is 23.8. The second-order valence-corrected chi connectivity index (χ2v) is 10.6. The second kappa shape index (κ2) is 14.2. The van der Waals surface area contributed by atoms with E-state index < -0.39 is 18.2 Å². The summed E-state index contributed by atoms with van der Waals surface area (Å²) in [5.41, 5.74) is 2.39. The lowest BCUT2D eigenvalue weighted by molar-refractivity contribution is -0.143. The highest BCUT2D eigenvalue weighted by molar-refractivity contribution is 5.77. The van der Waals surface area contributed by atoms with Gasteiger partial charge in [0.25, 0.3) is 0 Å². The molecule has 3 aromatic rings. The number of likely N-dealkylation sites (tertiary alicyclic amines) is 1. The Morgan fingerprint density at radius 3 is 1.98 bits per heavy atom. The molecule has 0 radical (unpaired) electrons. The normalized spacial score (nSPS) is 17.2. The highest BCUT2D eigenvalue weighted by atomic mass is 19.1. The van der Waals surface area contributed by atoms with E-state index in [2.05, 4.69) is 18.7 Å². The first-order chi connectivity index (χ1) is 19.8. The largest absolute Gasteiger partial charge is 0.465 e. The number of carbonyl (C=O) groups is 2. The van der Waals surface area contributed by atoms with Crippen LogP contribution in [0.15, 0.2) is 78.9 Å². The van der Waals surface area contributed by atoms with Gasteiger partial charge in [-0.15, -0.1) is 0 Å². The zero-order valence-corrected chi connectivity index (χ0v) is 23.8. The van der Waals surface area contributed by atoms with Crippen LogP contribution < -0.4 is 0 Å². The maximum Gasteiger partial charge on any atom is 0.409 e. The number of rotatable bonds is 11. The minimum atomic E-state index is -1.12. The predicted molar refractivity (Wildman–Crippen MR) is 155 cm³/mol. The van der Waals surface area contributed by atoms with Crippen LogP contribution in [0.3, 0.4) is 0 Å². The molecular weight excluding hydrogens is 524 g/mol. The lowest BCUT2D eigenvalue weighted by Crippen LogP contribution is -2.60. The number of carbonyl (C=O) groups excluding carboxylic acids is 1. The van der Waals surface area contributed by atoms with E-state index in [1.807, 2.05) is 30.3 Å². The van der Waals surface area contributed by atoms with Crippen molar-refractivity contribution in [3.63, 3.8) is 0 Å². The molecule has 218 valence electrons. The standard InChI is InChI=1S/C33H39F2N3O3/c1-3-36(4-2)22-20-30(39)37-21-8-11-29(32(37)38(33(40)41)23-24-9-6-5-7-10-24)31(25-12-16-27(34)17-13-25)26-14-18-28(35)19-15-26/h5-7,9-10,12-19,29,31-32H,3-4,8,11,20-23H2,1-2H3,(H,40,41)/t29-,32+/m1/s1. The molecule has 2 amide bonds. The molecule has 1 heterocycles. The Hall–Kier alpha value is -3.78. The molecule has 0 spiro atoms. The molecule has 1 saturated heterocycles. The zero-order chi connectivity index (χ0) is 29.4. The molecule has 41 heavy (non-hydrogen) atoms. The van der Waals surface area contributed by atoms with E-state index in [9.17, 15) is 23.5 Å². The average Bonchev–Trinajstić information content (AvgIpc) is 2.99. The van der Waals surface area contributed by atoms with Crippen molar-refractivity contribution in [2.45, 2.75) is 51.7 Å². The molecule has 0 saturated carbocycles. The fourth-order valence-electron chi connectivity index (χ4n) is 6.04. The maximum atomic E-state index is 14.0. The fraction of sp³-hybridized carbons (Fsp3) is 0.394. The van der Waals surface area contributed by atoms with E-state index in [-0.39, 0.29) is 36.4 Å². The molecule has 6 nitrogen and oxygen atoms in total. The number of benzene rings is 3. The number of amides is 2. The lowest BCUT2D eigenvalue weighted by Gasteiger charge is -2.49. The summed E-state index contributed by atoms with van der Waals surface area (Å²) in [5, 5.41) is 10.6. The van der Waals surface area contributed by atoms with Gasteiger partial charge in [-0.25, -0.2) is 13.6 Å². The van der Waals surface area contributed by atoms with Gasteiger partial charge in [0.1, 0.15) is 17.8 Å². The van der Waals surface area contributed by atoms with E-state index in [4.69, 9.17) is 0 Å². The Kier molecular flexibility index (Phi) is 10.5. The number of piperidine rings is 1. The molecule has 1 fully saturated rings. The Morgan fingerprint density at radius 2 is 1.46 bits per heavy atom. The first-order valence-electron chi connectivity index (χ1n) is 14.4. The number of nitrogens with zero attached hydrogens (tertiary/aromatic N) is 3. The summed E-state index contributed by atoms with van der Waals surface area (Å²) in [6.45, 7) is 6.88. The molecule has 0 unspecified atom stereocenters. The van der Waals surface area contributed by atoms with Gasteiger partial charge >= 0.3 is 6.09 Å². The van der Waals surface area contributed by atoms with Gasteiger partial charge in [0.2, 0.25) is 5.91 Å². The van der Waals surface area contributed by atoms with Gasteiger partial charge in [-0.05, 0) is 66.9 Å². The lowest BCUT2D eigenvalue weighted by atomic mass is 9.74. The summed E-state index contributed by atoms with van der Waals surface area (Å²) in [5.74, 6) is -1.59. The Bertz CT molecular complexity index is 1220. The molecule has 3 aromatic carbocycles. The SMILES string of the molecule is CCN(CC)CCC(=O)N1CCC[C@H](C(c2ccc(F)cc2)c2ccc(F)cc2)[C@@H]1N(Cc1ccccc1)C(=O)O. The minimum Gasteiger partial charge on any atom is -0.465 e. The van der Waals surface area contributed by atoms with E-state index in [0.717, 1.165) is 29.8 Å². The molecule has 8 heteroatoms. The maximum absolute atomic E-state index is 14.0.